The van der Waals surface area contributed by atoms with E-state index in [0.717, 1.165) is 28.4 Å². The fourth-order valence-corrected chi connectivity index (χ4v) is 5.53. The number of nitrogens with one attached hydrogen (secondary N) is 1. The molecule has 41 heavy (non-hydrogen) atoms. The van der Waals surface area contributed by atoms with E-state index in [2.05, 4.69) is 39.2 Å². The van der Waals surface area contributed by atoms with Gasteiger partial charge in [-0.1, -0.05) is 42.5 Å². The number of nitrogens with zero attached hydrogens (tertiary/aromatic N) is 3. The lowest BCUT2D eigenvalue weighted by atomic mass is 10.0. The molecule has 204 valence electrons. The first-order valence-electron chi connectivity index (χ1n) is 12.8. The molecule has 6 aromatic rings. The van der Waals surface area contributed by atoms with Gasteiger partial charge in [-0.2, -0.15) is 13.5 Å². The van der Waals surface area contributed by atoms with Crippen molar-refractivity contribution in [2.45, 2.75) is 18.4 Å². The zero-order chi connectivity index (χ0) is 28.7. The second-order valence-corrected chi connectivity index (χ2v) is 10.9. The summed E-state index contributed by atoms with van der Waals surface area (Å²) in [5.41, 5.74) is 3.16. The van der Waals surface area contributed by atoms with Crippen molar-refractivity contribution in [3.05, 3.63) is 103 Å². The number of aromatic nitrogens is 1. The van der Waals surface area contributed by atoms with Gasteiger partial charge < -0.3 is 15.0 Å². The van der Waals surface area contributed by atoms with E-state index in [1.807, 2.05) is 36.4 Å². The Balaban J connectivity index is 1.37. The first kappa shape index (κ1) is 26.2. The number of phenolic OH excluding ortho intramolecular Hbond substituents is 1. The number of anilines is 1. The third-order valence-electron chi connectivity index (χ3n) is 6.99. The van der Waals surface area contributed by atoms with Gasteiger partial charge in [-0.25, -0.2) is 0 Å². The molecule has 0 atom stereocenters. The minimum Gasteiger partial charge on any atom is -0.505 e. The van der Waals surface area contributed by atoms with Crippen molar-refractivity contribution in [3.8, 4) is 5.75 Å². The summed E-state index contributed by atoms with van der Waals surface area (Å²) in [7, 11) is -4.34. The average Bonchev–Trinajstić information content (AvgIpc) is 3.29. The zero-order valence-electron chi connectivity index (χ0n) is 21.8. The Morgan fingerprint density at radius 3 is 2.24 bits per heavy atom. The Labute approximate surface area is 235 Å². The maximum Gasteiger partial charge on any atom is 0.294 e. The van der Waals surface area contributed by atoms with Crippen LogP contribution in [0, 0.1) is 0 Å². The Morgan fingerprint density at radius 1 is 0.829 bits per heavy atom. The van der Waals surface area contributed by atoms with Crippen LogP contribution >= 0.6 is 0 Å². The zero-order valence-corrected chi connectivity index (χ0v) is 22.6. The van der Waals surface area contributed by atoms with E-state index < -0.39 is 16.0 Å². The number of hydrogen-bond donors (Lipinski definition) is 3. The molecule has 0 aliphatic rings. The van der Waals surface area contributed by atoms with Crippen LogP contribution in [0.5, 0.6) is 5.75 Å². The Morgan fingerprint density at radius 2 is 1.51 bits per heavy atom. The second-order valence-electron chi connectivity index (χ2n) is 9.46. The number of hydrogen-bond acceptors (Lipinski definition) is 6. The Kier molecular flexibility index (Phi) is 6.49. The first-order chi connectivity index (χ1) is 19.7. The summed E-state index contributed by atoms with van der Waals surface area (Å²) in [5, 5.41) is 25.8. The topological polar surface area (TPSA) is 133 Å². The van der Waals surface area contributed by atoms with Crippen LogP contribution in [0.4, 0.5) is 17.1 Å². The minimum atomic E-state index is -4.34. The fourth-order valence-electron chi connectivity index (χ4n) is 5.05. The molecule has 0 unspecified atom stereocenters. The van der Waals surface area contributed by atoms with E-state index in [-0.39, 0.29) is 27.6 Å². The minimum absolute atomic E-state index is 0.0236. The third-order valence-corrected chi connectivity index (χ3v) is 7.85. The number of aromatic hydroxyl groups is 1. The predicted octanol–water partition coefficient (Wildman–Crippen LogP) is 7.59. The molecule has 9 nitrogen and oxygen atoms in total. The lowest BCUT2D eigenvalue weighted by Gasteiger charge is -2.11. The summed E-state index contributed by atoms with van der Waals surface area (Å²) in [4.78, 5) is 13.2. The maximum absolute atomic E-state index is 13.5. The van der Waals surface area contributed by atoms with Gasteiger partial charge in [0.15, 0.2) is 5.75 Å². The summed E-state index contributed by atoms with van der Waals surface area (Å²) in [6, 6.07) is 27.7. The molecule has 1 heterocycles. The highest BCUT2D eigenvalue weighted by atomic mass is 32.2. The van der Waals surface area contributed by atoms with Crippen LogP contribution in [0.25, 0.3) is 32.6 Å². The summed E-state index contributed by atoms with van der Waals surface area (Å²) in [5.74, 6) is -0.857. The second kappa shape index (κ2) is 10.2. The van der Waals surface area contributed by atoms with Crippen LogP contribution in [0.1, 0.15) is 17.3 Å². The van der Waals surface area contributed by atoms with Crippen molar-refractivity contribution in [1.29, 1.82) is 0 Å². The number of carbonyl (C=O) groups is 1. The average molecular weight is 565 g/mol. The number of rotatable bonds is 6. The van der Waals surface area contributed by atoms with E-state index >= 15 is 0 Å². The van der Waals surface area contributed by atoms with E-state index in [4.69, 9.17) is 0 Å². The molecule has 1 aromatic heterocycles. The Bertz CT molecular complexity index is 2120. The van der Waals surface area contributed by atoms with Gasteiger partial charge in [0.25, 0.3) is 16.0 Å². The number of phenols is 1. The van der Waals surface area contributed by atoms with Gasteiger partial charge in [-0.15, -0.1) is 5.11 Å². The van der Waals surface area contributed by atoms with Crippen LogP contribution in [0.3, 0.4) is 0 Å². The van der Waals surface area contributed by atoms with Gasteiger partial charge in [-0.05, 0) is 66.9 Å². The standard InChI is InChI=1S/C31H24N4O5S/c1-2-35-27-10-6-5-9-24(27)25-18-21(13-16-28(25)35)32-31(37)26-17-19-7-3-4-8-23(19)29(30(26)36)34-33-20-11-14-22(15-12-20)41(38,39)40/h3-18,36H,2H2,1H3,(H,32,37)(H,38,39,40)/b34-33+. The molecule has 0 radical (unpaired) electrons. The molecular formula is C31H24N4O5S. The van der Waals surface area contributed by atoms with Gasteiger partial charge in [0.2, 0.25) is 0 Å². The van der Waals surface area contributed by atoms with Gasteiger partial charge in [-0.3, -0.25) is 9.35 Å². The summed E-state index contributed by atoms with van der Waals surface area (Å²) < 4.78 is 34.0. The number of fused-ring (bicyclic) bond motifs is 4. The van der Waals surface area contributed by atoms with Crippen LogP contribution in [-0.2, 0) is 16.7 Å². The monoisotopic (exact) mass is 564 g/mol. The highest BCUT2D eigenvalue weighted by molar-refractivity contribution is 7.85. The number of azo groups is 1. The molecule has 6 rings (SSSR count). The van der Waals surface area contributed by atoms with Crippen LogP contribution in [0.2, 0.25) is 0 Å². The maximum atomic E-state index is 13.5. The number of carbonyl (C=O) groups excluding carboxylic acids is 1. The molecule has 1 amide bonds. The SMILES string of the molecule is CCn1c2ccccc2c2cc(NC(=O)c3cc4ccccc4c(/N=N/c4ccc(S(=O)(=O)O)cc4)c3O)ccc21. The summed E-state index contributed by atoms with van der Waals surface area (Å²) in [6.07, 6.45) is 0. The van der Waals surface area contributed by atoms with Crippen molar-refractivity contribution in [3.63, 3.8) is 0 Å². The number of para-hydroxylation sites is 1. The third kappa shape index (κ3) is 4.79. The van der Waals surface area contributed by atoms with Crippen LogP contribution in [-0.4, -0.2) is 28.6 Å². The quantitative estimate of drug-likeness (QED) is 0.142. The van der Waals surface area contributed by atoms with Gasteiger partial charge >= 0.3 is 0 Å². The first-order valence-corrected chi connectivity index (χ1v) is 14.2. The molecule has 0 aliphatic heterocycles. The van der Waals surface area contributed by atoms with E-state index in [9.17, 15) is 22.9 Å². The van der Waals surface area contributed by atoms with Crippen molar-refractivity contribution in [2.75, 3.05) is 5.32 Å². The summed E-state index contributed by atoms with van der Waals surface area (Å²) in [6.45, 7) is 2.90. The van der Waals surface area contributed by atoms with Crippen molar-refractivity contribution < 1.29 is 22.9 Å². The van der Waals surface area contributed by atoms with Crippen molar-refractivity contribution >= 4 is 65.7 Å². The number of benzene rings is 5. The Hall–Kier alpha value is -5.06. The van der Waals surface area contributed by atoms with Gasteiger partial charge in [0.1, 0.15) is 5.69 Å². The molecular weight excluding hydrogens is 540 g/mol. The van der Waals surface area contributed by atoms with E-state index in [1.54, 1.807) is 24.3 Å². The predicted molar refractivity (Wildman–Crippen MR) is 159 cm³/mol. The molecule has 10 heteroatoms. The molecule has 0 bridgehead atoms. The fraction of sp³-hybridized carbons (Fsp3) is 0.0645. The van der Waals surface area contributed by atoms with Crippen molar-refractivity contribution in [2.24, 2.45) is 10.2 Å². The number of amides is 1. The van der Waals surface area contributed by atoms with E-state index in [1.165, 1.54) is 24.3 Å². The van der Waals surface area contributed by atoms with Crippen molar-refractivity contribution in [1.82, 2.24) is 4.57 Å². The van der Waals surface area contributed by atoms with Gasteiger partial charge in [0, 0.05) is 39.4 Å². The molecule has 0 fully saturated rings. The smallest absolute Gasteiger partial charge is 0.294 e. The highest BCUT2D eigenvalue weighted by Gasteiger charge is 2.19. The van der Waals surface area contributed by atoms with Crippen LogP contribution < -0.4 is 5.32 Å². The molecule has 3 N–H and O–H groups in total. The lowest BCUT2D eigenvalue weighted by Crippen LogP contribution is -2.12. The molecule has 0 saturated heterocycles. The number of aryl methyl sites for hydroxylation is 1. The molecule has 0 spiro atoms. The molecule has 5 aromatic carbocycles. The lowest BCUT2D eigenvalue weighted by molar-refractivity contribution is 0.102. The largest absolute Gasteiger partial charge is 0.505 e. The van der Waals surface area contributed by atoms with Gasteiger partial charge in [0.05, 0.1) is 16.1 Å². The molecule has 0 saturated carbocycles. The normalized spacial score (nSPS) is 12.0. The van der Waals surface area contributed by atoms with Crippen LogP contribution in [0.15, 0.2) is 112 Å². The molecule has 0 aliphatic carbocycles. The van der Waals surface area contributed by atoms with E-state index in [0.29, 0.717) is 16.5 Å². The summed E-state index contributed by atoms with van der Waals surface area (Å²) >= 11 is 0. The highest BCUT2D eigenvalue weighted by Crippen LogP contribution is 2.40.